The molecular weight excluding hydrogens is 232 g/mol. The third-order valence-corrected chi connectivity index (χ3v) is 2.67. The van der Waals surface area contributed by atoms with Gasteiger partial charge >= 0.3 is 0 Å². The quantitative estimate of drug-likeness (QED) is 0.600. The summed E-state index contributed by atoms with van der Waals surface area (Å²) in [6.45, 7) is 5.09. The van der Waals surface area contributed by atoms with E-state index in [1.807, 2.05) is 13.8 Å². The van der Waals surface area contributed by atoms with Crippen molar-refractivity contribution in [2.24, 2.45) is 5.92 Å². The van der Waals surface area contributed by atoms with E-state index >= 15 is 0 Å². The Morgan fingerprint density at radius 2 is 1.89 bits per heavy atom. The monoisotopic (exact) mass is 258 g/mol. The molecule has 0 aromatic carbocycles. The molecule has 0 saturated heterocycles. The second-order valence-electron chi connectivity index (χ2n) is 4.80. The highest BCUT2D eigenvalue weighted by Gasteiger charge is 2.12. The fourth-order valence-electron chi connectivity index (χ4n) is 1.58. The minimum atomic E-state index is 0.0151. The van der Waals surface area contributed by atoms with Crippen molar-refractivity contribution in [3.8, 4) is 0 Å². The Bertz CT molecular complexity index is 255. The summed E-state index contributed by atoms with van der Waals surface area (Å²) >= 11 is 0. The van der Waals surface area contributed by atoms with Crippen molar-refractivity contribution >= 4 is 11.8 Å². The summed E-state index contributed by atoms with van der Waals surface area (Å²) in [5.74, 6) is 0.181. The fraction of sp³-hybridized carbons (Fsp3) is 0.846. The minimum absolute atomic E-state index is 0.0151. The first-order valence-electron chi connectivity index (χ1n) is 6.61. The van der Waals surface area contributed by atoms with Crippen molar-refractivity contribution in [2.45, 2.75) is 39.5 Å². The lowest BCUT2D eigenvalue weighted by molar-refractivity contribution is -0.133. The van der Waals surface area contributed by atoms with Crippen LogP contribution in [-0.2, 0) is 9.59 Å². The van der Waals surface area contributed by atoms with E-state index in [2.05, 4.69) is 5.32 Å². The SMILES string of the molecule is CC(C)C(=O)N(C)CCCCC(=O)NCCCO. The van der Waals surface area contributed by atoms with Crippen LogP contribution < -0.4 is 5.32 Å². The molecule has 106 valence electrons. The molecule has 0 radical (unpaired) electrons. The first-order chi connectivity index (χ1) is 8.49. The molecular formula is C13H26N2O3. The van der Waals surface area contributed by atoms with E-state index in [1.54, 1.807) is 11.9 Å². The summed E-state index contributed by atoms with van der Waals surface area (Å²) in [5.41, 5.74) is 0. The van der Waals surface area contributed by atoms with E-state index in [4.69, 9.17) is 5.11 Å². The van der Waals surface area contributed by atoms with Gasteiger partial charge < -0.3 is 15.3 Å². The molecule has 0 unspecified atom stereocenters. The average molecular weight is 258 g/mol. The molecule has 0 saturated carbocycles. The molecule has 2 N–H and O–H groups in total. The number of carbonyl (C=O) groups excluding carboxylic acids is 2. The molecule has 2 amide bonds. The predicted molar refractivity (Wildman–Crippen MR) is 71.0 cm³/mol. The molecule has 0 aromatic rings. The minimum Gasteiger partial charge on any atom is -0.396 e. The summed E-state index contributed by atoms with van der Waals surface area (Å²) < 4.78 is 0. The summed E-state index contributed by atoms with van der Waals surface area (Å²) in [6, 6.07) is 0. The molecule has 18 heavy (non-hydrogen) atoms. The number of amides is 2. The summed E-state index contributed by atoms with van der Waals surface area (Å²) in [5, 5.41) is 11.3. The molecule has 0 spiro atoms. The Balaban J connectivity index is 3.55. The van der Waals surface area contributed by atoms with E-state index in [-0.39, 0.29) is 24.3 Å². The van der Waals surface area contributed by atoms with Gasteiger partial charge in [0.15, 0.2) is 0 Å². The second-order valence-corrected chi connectivity index (χ2v) is 4.80. The Morgan fingerprint density at radius 1 is 1.22 bits per heavy atom. The number of hydrogen-bond donors (Lipinski definition) is 2. The first-order valence-corrected chi connectivity index (χ1v) is 6.61. The van der Waals surface area contributed by atoms with Crippen LogP contribution in [0.1, 0.15) is 39.5 Å². The first kappa shape index (κ1) is 16.9. The lowest BCUT2D eigenvalue weighted by atomic mass is 10.1. The van der Waals surface area contributed by atoms with Gasteiger partial charge in [-0.2, -0.15) is 0 Å². The van der Waals surface area contributed by atoms with Gasteiger partial charge in [0.25, 0.3) is 0 Å². The van der Waals surface area contributed by atoms with Crippen LogP contribution >= 0.6 is 0 Å². The molecule has 0 aliphatic carbocycles. The molecule has 0 heterocycles. The van der Waals surface area contributed by atoms with E-state index < -0.39 is 0 Å². The van der Waals surface area contributed by atoms with Gasteiger partial charge in [0.1, 0.15) is 0 Å². The Hall–Kier alpha value is -1.10. The van der Waals surface area contributed by atoms with Gasteiger partial charge in [0.05, 0.1) is 0 Å². The molecule has 0 rings (SSSR count). The smallest absolute Gasteiger partial charge is 0.224 e. The molecule has 5 nitrogen and oxygen atoms in total. The zero-order chi connectivity index (χ0) is 14.0. The van der Waals surface area contributed by atoms with Crippen LogP contribution in [0.5, 0.6) is 0 Å². The van der Waals surface area contributed by atoms with E-state index in [1.165, 1.54) is 0 Å². The largest absolute Gasteiger partial charge is 0.396 e. The normalized spacial score (nSPS) is 10.5. The van der Waals surface area contributed by atoms with Gasteiger partial charge in [-0.1, -0.05) is 13.8 Å². The van der Waals surface area contributed by atoms with Crippen LogP contribution in [0.4, 0.5) is 0 Å². The van der Waals surface area contributed by atoms with Crippen LogP contribution in [0.25, 0.3) is 0 Å². The van der Waals surface area contributed by atoms with Gasteiger partial charge in [-0.25, -0.2) is 0 Å². The summed E-state index contributed by atoms with van der Waals surface area (Å²) in [4.78, 5) is 24.6. The highest BCUT2D eigenvalue weighted by molar-refractivity contribution is 5.77. The number of hydrogen-bond acceptors (Lipinski definition) is 3. The maximum atomic E-state index is 11.6. The number of rotatable bonds is 9. The maximum Gasteiger partial charge on any atom is 0.224 e. The third-order valence-electron chi connectivity index (χ3n) is 2.67. The summed E-state index contributed by atoms with van der Waals surface area (Å²) in [6.07, 6.45) is 2.69. The maximum absolute atomic E-state index is 11.6. The van der Waals surface area contributed by atoms with Crippen LogP contribution in [0.3, 0.4) is 0 Å². The van der Waals surface area contributed by atoms with Crippen molar-refractivity contribution < 1.29 is 14.7 Å². The fourth-order valence-corrected chi connectivity index (χ4v) is 1.58. The number of unbranched alkanes of at least 4 members (excludes halogenated alkanes) is 1. The van der Waals surface area contributed by atoms with Gasteiger partial charge in [-0.05, 0) is 19.3 Å². The number of nitrogens with one attached hydrogen (secondary N) is 1. The number of carbonyl (C=O) groups is 2. The molecule has 5 heteroatoms. The molecule has 0 fully saturated rings. The van der Waals surface area contributed by atoms with Crippen molar-refractivity contribution in [3.05, 3.63) is 0 Å². The Kier molecular flexibility index (Phi) is 9.28. The van der Waals surface area contributed by atoms with E-state index in [0.717, 1.165) is 12.8 Å². The molecule has 0 aliphatic heterocycles. The third kappa shape index (κ3) is 8.06. The number of aliphatic hydroxyl groups is 1. The highest BCUT2D eigenvalue weighted by atomic mass is 16.3. The average Bonchev–Trinajstić information content (AvgIpc) is 2.33. The molecule has 0 aromatic heterocycles. The zero-order valence-electron chi connectivity index (χ0n) is 11.7. The number of aliphatic hydroxyl groups excluding tert-OH is 1. The van der Waals surface area contributed by atoms with Gasteiger partial charge in [-0.15, -0.1) is 0 Å². The number of nitrogens with zero attached hydrogens (tertiary/aromatic N) is 1. The van der Waals surface area contributed by atoms with Crippen molar-refractivity contribution in [1.29, 1.82) is 0 Å². The van der Waals surface area contributed by atoms with Crippen molar-refractivity contribution in [2.75, 3.05) is 26.7 Å². The molecule has 0 aliphatic rings. The van der Waals surface area contributed by atoms with Crippen LogP contribution in [0.2, 0.25) is 0 Å². The molecule has 0 bridgehead atoms. The topological polar surface area (TPSA) is 69.6 Å². The van der Waals surface area contributed by atoms with Crippen LogP contribution in [-0.4, -0.2) is 48.6 Å². The van der Waals surface area contributed by atoms with Gasteiger partial charge in [-0.3, -0.25) is 9.59 Å². The second kappa shape index (κ2) is 9.88. The van der Waals surface area contributed by atoms with Crippen molar-refractivity contribution in [1.82, 2.24) is 10.2 Å². The van der Waals surface area contributed by atoms with E-state index in [9.17, 15) is 9.59 Å². The van der Waals surface area contributed by atoms with Crippen LogP contribution in [0, 0.1) is 5.92 Å². The summed E-state index contributed by atoms with van der Waals surface area (Å²) in [7, 11) is 1.80. The Labute approximate surface area is 110 Å². The Morgan fingerprint density at radius 3 is 2.44 bits per heavy atom. The highest BCUT2D eigenvalue weighted by Crippen LogP contribution is 2.02. The zero-order valence-corrected chi connectivity index (χ0v) is 11.7. The lowest BCUT2D eigenvalue weighted by Crippen LogP contribution is -2.31. The lowest BCUT2D eigenvalue weighted by Gasteiger charge is -2.19. The van der Waals surface area contributed by atoms with Gasteiger partial charge in [0, 0.05) is 39.1 Å². The van der Waals surface area contributed by atoms with E-state index in [0.29, 0.717) is 25.9 Å². The van der Waals surface area contributed by atoms with Crippen molar-refractivity contribution in [3.63, 3.8) is 0 Å². The predicted octanol–water partition coefficient (Wildman–Crippen LogP) is 0.770. The molecule has 0 atom stereocenters. The van der Waals surface area contributed by atoms with Crippen LogP contribution in [0.15, 0.2) is 0 Å². The standard InChI is InChI=1S/C13H26N2O3/c1-11(2)13(18)15(3)9-5-4-7-12(17)14-8-6-10-16/h11,16H,4-10H2,1-3H3,(H,14,17). The van der Waals surface area contributed by atoms with Gasteiger partial charge in [0.2, 0.25) is 11.8 Å².